The summed E-state index contributed by atoms with van der Waals surface area (Å²) in [5.41, 5.74) is 3.40. The van der Waals surface area contributed by atoms with E-state index in [2.05, 4.69) is 26.5 Å². The van der Waals surface area contributed by atoms with Gasteiger partial charge in [0.2, 0.25) is 0 Å². The molecule has 1 aromatic rings. The molecule has 1 heterocycles. The summed E-state index contributed by atoms with van der Waals surface area (Å²) in [6, 6.07) is 3.26. The van der Waals surface area contributed by atoms with E-state index < -0.39 is 0 Å². The standard InChI is InChI=1S/C10H13BrN2O2/c1-3-7(4-2)12-13-10(14)8-5-6-9(11)15-8/h5-6H,3-4H2,1-2H3,(H,13,14). The summed E-state index contributed by atoms with van der Waals surface area (Å²) in [4.78, 5) is 11.5. The topological polar surface area (TPSA) is 54.6 Å². The zero-order valence-corrected chi connectivity index (χ0v) is 10.3. The van der Waals surface area contributed by atoms with Crippen LogP contribution < -0.4 is 5.43 Å². The zero-order chi connectivity index (χ0) is 11.3. The van der Waals surface area contributed by atoms with Gasteiger partial charge in [0, 0.05) is 5.71 Å². The molecule has 4 nitrogen and oxygen atoms in total. The van der Waals surface area contributed by atoms with Crippen molar-refractivity contribution in [3.8, 4) is 0 Å². The van der Waals surface area contributed by atoms with Gasteiger partial charge in [-0.25, -0.2) is 5.43 Å². The summed E-state index contributed by atoms with van der Waals surface area (Å²) in [5, 5.41) is 3.99. The smallest absolute Gasteiger partial charge is 0.307 e. The minimum atomic E-state index is -0.333. The van der Waals surface area contributed by atoms with Crippen molar-refractivity contribution in [2.24, 2.45) is 5.10 Å². The highest BCUT2D eigenvalue weighted by Crippen LogP contribution is 2.13. The van der Waals surface area contributed by atoms with Crippen molar-refractivity contribution in [3.63, 3.8) is 0 Å². The van der Waals surface area contributed by atoms with Crippen molar-refractivity contribution in [1.29, 1.82) is 0 Å². The first-order chi connectivity index (χ1) is 7.17. The summed E-state index contributed by atoms with van der Waals surface area (Å²) in [6.45, 7) is 4.00. The Hall–Kier alpha value is -1.10. The van der Waals surface area contributed by atoms with Crippen LogP contribution >= 0.6 is 15.9 Å². The van der Waals surface area contributed by atoms with E-state index in [-0.39, 0.29) is 11.7 Å². The lowest BCUT2D eigenvalue weighted by molar-refractivity contribution is 0.0925. The summed E-state index contributed by atoms with van der Waals surface area (Å²) >= 11 is 3.13. The molecule has 0 saturated carbocycles. The zero-order valence-electron chi connectivity index (χ0n) is 8.71. The number of halogens is 1. The van der Waals surface area contributed by atoms with Crippen molar-refractivity contribution in [2.75, 3.05) is 0 Å². The minimum Gasteiger partial charge on any atom is -0.444 e. The summed E-state index contributed by atoms with van der Waals surface area (Å²) in [6.07, 6.45) is 1.66. The first-order valence-electron chi connectivity index (χ1n) is 4.78. The van der Waals surface area contributed by atoms with Gasteiger partial charge in [0.25, 0.3) is 0 Å². The van der Waals surface area contributed by atoms with Crippen molar-refractivity contribution >= 4 is 27.5 Å². The number of amides is 1. The van der Waals surface area contributed by atoms with Crippen LogP contribution in [-0.4, -0.2) is 11.6 Å². The predicted octanol–water partition coefficient (Wildman–Crippen LogP) is 2.95. The summed E-state index contributed by atoms with van der Waals surface area (Å²) in [5.74, 6) is -0.0859. The van der Waals surface area contributed by atoms with Crippen LogP contribution in [0.5, 0.6) is 0 Å². The highest BCUT2D eigenvalue weighted by Gasteiger charge is 2.09. The van der Waals surface area contributed by atoms with Gasteiger partial charge in [0.05, 0.1) is 0 Å². The average Bonchev–Trinajstić information content (AvgIpc) is 2.66. The molecule has 1 amide bonds. The van der Waals surface area contributed by atoms with Crippen LogP contribution in [0.15, 0.2) is 26.3 Å². The molecule has 0 aliphatic heterocycles. The molecule has 1 aromatic heterocycles. The van der Waals surface area contributed by atoms with Crippen LogP contribution in [0.1, 0.15) is 37.2 Å². The number of nitrogens with one attached hydrogen (secondary N) is 1. The second kappa shape index (κ2) is 5.70. The Labute approximate surface area is 96.9 Å². The third kappa shape index (κ3) is 3.51. The molecule has 82 valence electrons. The average molecular weight is 273 g/mol. The van der Waals surface area contributed by atoms with Crippen LogP contribution in [0.3, 0.4) is 0 Å². The van der Waals surface area contributed by atoms with Crippen LogP contribution in [0.4, 0.5) is 0 Å². The molecule has 0 atom stereocenters. The van der Waals surface area contributed by atoms with Crippen LogP contribution in [0, 0.1) is 0 Å². The fourth-order valence-corrected chi connectivity index (χ4v) is 1.34. The Morgan fingerprint density at radius 3 is 2.60 bits per heavy atom. The molecule has 15 heavy (non-hydrogen) atoms. The molecule has 0 saturated heterocycles. The second-order valence-electron chi connectivity index (χ2n) is 2.93. The van der Waals surface area contributed by atoms with E-state index in [1.165, 1.54) is 0 Å². The molecule has 0 aliphatic carbocycles. The number of carbonyl (C=O) groups excluding carboxylic acids is 1. The third-order valence-electron chi connectivity index (χ3n) is 1.93. The van der Waals surface area contributed by atoms with Gasteiger partial charge in [-0.3, -0.25) is 4.79 Å². The van der Waals surface area contributed by atoms with Crippen molar-refractivity contribution in [1.82, 2.24) is 5.43 Å². The Kier molecular flexibility index (Phi) is 4.55. The quantitative estimate of drug-likeness (QED) is 0.677. The molecular formula is C10H13BrN2O2. The fraction of sp³-hybridized carbons (Fsp3) is 0.400. The van der Waals surface area contributed by atoms with E-state index in [9.17, 15) is 4.79 Å². The van der Waals surface area contributed by atoms with Crippen molar-refractivity contribution in [3.05, 3.63) is 22.6 Å². The molecule has 1 N–H and O–H groups in total. The van der Waals surface area contributed by atoms with Crippen molar-refractivity contribution in [2.45, 2.75) is 26.7 Å². The molecule has 0 aromatic carbocycles. The van der Waals surface area contributed by atoms with E-state index in [4.69, 9.17) is 4.42 Å². The van der Waals surface area contributed by atoms with Gasteiger partial charge >= 0.3 is 5.91 Å². The maximum atomic E-state index is 11.5. The first kappa shape index (κ1) is 12.0. The van der Waals surface area contributed by atoms with E-state index >= 15 is 0 Å². The molecule has 1 rings (SSSR count). The van der Waals surface area contributed by atoms with Gasteiger partial charge in [-0.05, 0) is 40.9 Å². The lowest BCUT2D eigenvalue weighted by Crippen LogP contribution is -2.18. The van der Waals surface area contributed by atoms with Crippen LogP contribution in [-0.2, 0) is 0 Å². The van der Waals surface area contributed by atoms with Gasteiger partial charge < -0.3 is 4.42 Å². The summed E-state index contributed by atoms with van der Waals surface area (Å²) in [7, 11) is 0. The Balaban J connectivity index is 2.60. The van der Waals surface area contributed by atoms with E-state index in [0.29, 0.717) is 4.67 Å². The SMILES string of the molecule is CCC(CC)=NNC(=O)c1ccc(Br)o1. The van der Waals surface area contributed by atoms with Crippen LogP contribution in [0.2, 0.25) is 0 Å². The lowest BCUT2D eigenvalue weighted by atomic mass is 10.2. The molecule has 0 aliphatic rings. The molecule has 0 unspecified atom stereocenters. The Morgan fingerprint density at radius 1 is 1.47 bits per heavy atom. The number of hydrogen-bond donors (Lipinski definition) is 1. The van der Waals surface area contributed by atoms with Gasteiger partial charge in [0.15, 0.2) is 10.4 Å². The fourth-order valence-electron chi connectivity index (χ4n) is 1.03. The monoisotopic (exact) mass is 272 g/mol. The van der Waals surface area contributed by atoms with Gasteiger partial charge in [-0.15, -0.1) is 0 Å². The van der Waals surface area contributed by atoms with E-state index in [0.717, 1.165) is 18.6 Å². The number of nitrogens with zero attached hydrogens (tertiary/aromatic N) is 1. The Bertz CT molecular complexity index is 365. The maximum absolute atomic E-state index is 11.5. The predicted molar refractivity (Wildman–Crippen MR) is 61.9 cm³/mol. The highest BCUT2D eigenvalue weighted by molar-refractivity contribution is 9.10. The number of carbonyl (C=O) groups is 1. The highest BCUT2D eigenvalue weighted by atomic mass is 79.9. The van der Waals surface area contributed by atoms with Gasteiger partial charge in [0.1, 0.15) is 0 Å². The molecule has 5 heteroatoms. The Morgan fingerprint density at radius 2 is 2.13 bits per heavy atom. The normalized spacial score (nSPS) is 9.80. The van der Waals surface area contributed by atoms with Crippen LogP contribution in [0.25, 0.3) is 0 Å². The van der Waals surface area contributed by atoms with Crippen molar-refractivity contribution < 1.29 is 9.21 Å². The molecule has 0 bridgehead atoms. The minimum absolute atomic E-state index is 0.247. The number of rotatable bonds is 4. The molecule has 0 spiro atoms. The number of hydrogen-bond acceptors (Lipinski definition) is 3. The second-order valence-corrected chi connectivity index (χ2v) is 3.71. The maximum Gasteiger partial charge on any atom is 0.307 e. The third-order valence-corrected chi connectivity index (χ3v) is 2.35. The largest absolute Gasteiger partial charge is 0.444 e. The number of furan rings is 1. The lowest BCUT2D eigenvalue weighted by Gasteiger charge is -1.99. The van der Waals surface area contributed by atoms with Gasteiger partial charge in [-0.1, -0.05) is 13.8 Å². The van der Waals surface area contributed by atoms with E-state index in [1.807, 2.05) is 13.8 Å². The van der Waals surface area contributed by atoms with E-state index in [1.54, 1.807) is 12.1 Å². The van der Waals surface area contributed by atoms with Gasteiger partial charge in [-0.2, -0.15) is 5.10 Å². The molecule has 0 fully saturated rings. The number of hydrazone groups is 1. The first-order valence-corrected chi connectivity index (χ1v) is 5.57. The molecular weight excluding hydrogens is 260 g/mol. The molecule has 0 radical (unpaired) electrons. The summed E-state index contributed by atoms with van der Waals surface area (Å²) < 4.78 is 5.61.